The smallest absolute Gasteiger partial charge is 0.225 e. The Morgan fingerprint density at radius 2 is 1.68 bits per heavy atom. The van der Waals surface area contributed by atoms with Gasteiger partial charge in [0.2, 0.25) is 5.95 Å². The van der Waals surface area contributed by atoms with E-state index in [1.165, 1.54) is 41.4 Å². The molecule has 2 aromatic heterocycles. The molecule has 0 saturated carbocycles. The Hall–Kier alpha value is -2.40. The van der Waals surface area contributed by atoms with Gasteiger partial charge in [0, 0.05) is 54.7 Å². The fraction of sp³-hybridized carbons (Fsp3) is 0.478. The number of nitrogens with one attached hydrogen (secondary N) is 1. The molecule has 1 aliphatic heterocycles. The number of nitrogens with zero attached hydrogens (tertiary/aromatic N) is 4. The van der Waals surface area contributed by atoms with E-state index in [-0.39, 0.29) is 0 Å². The molecule has 1 saturated heterocycles. The standard InChI is InChI=1S/C23H31N5/c1-17-7-8-22-21(14-17)20(16-24-22)6-4-5-9-27-10-12-28(13-11-27)23-25-18(2)15-19(3)26-23/h7-8,14-16,24H,4-6,9-13H2,1-3H3. The van der Waals surface area contributed by atoms with Gasteiger partial charge in [-0.25, -0.2) is 9.97 Å². The van der Waals surface area contributed by atoms with Crippen molar-refractivity contribution in [2.75, 3.05) is 37.6 Å². The van der Waals surface area contributed by atoms with Crippen LogP contribution < -0.4 is 4.90 Å². The monoisotopic (exact) mass is 377 g/mol. The lowest BCUT2D eigenvalue weighted by atomic mass is 10.1. The van der Waals surface area contributed by atoms with Crippen molar-refractivity contribution in [1.29, 1.82) is 0 Å². The van der Waals surface area contributed by atoms with Crippen molar-refractivity contribution in [3.63, 3.8) is 0 Å². The number of rotatable bonds is 6. The second-order valence-electron chi connectivity index (χ2n) is 8.10. The van der Waals surface area contributed by atoms with Crippen molar-refractivity contribution >= 4 is 16.9 Å². The molecule has 5 heteroatoms. The second-order valence-corrected chi connectivity index (χ2v) is 8.10. The van der Waals surface area contributed by atoms with Gasteiger partial charge in [-0.05, 0) is 70.3 Å². The largest absolute Gasteiger partial charge is 0.361 e. The zero-order valence-corrected chi connectivity index (χ0v) is 17.3. The summed E-state index contributed by atoms with van der Waals surface area (Å²) >= 11 is 0. The van der Waals surface area contributed by atoms with Crippen molar-refractivity contribution in [3.8, 4) is 0 Å². The summed E-state index contributed by atoms with van der Waals surface area (Å²) in [6, 6.07) is 8.70. The Kier molecular flexibility index (Phi) is 5.62. The van der Waals surface area contributed by atoms with E-state index in [1.54, 1.807) is 0 Å². The fourth-order valence-corrected chi connectivity index (χ4v) is 4.17. The van der Waals surface area contributed by atoms with Gasteiger partial charge in [-0.1, -0.05) is 11.6 Å². The van der Waals surface area contributed by atoms with Gasteiger partial charge < -0.3 is 9.88 Å². The molecule has 0 atom stereocenters. The highest BCUT2D eigenvalue weighted by molar-refractivity contribution is 5.83. The van der Waals surface area contributed by atoms with Crippen LogP contribution in [0.3, 0.4) is 0 Å². The summed E-state index contributed by atoms with van der Waals surface area (Å²) in [6.07, 6.45) is 5.83. The maximum absolute atomic E-state index is 4.61. The van der Waals surface area contributed by atoms with Crippen LogP contribution in [-0.4, -0.2) is 52.6 Å². The third kappa shape index (κ3) is 4.36. The molecule has 28 heavy (non-hydrogen) atoms. The maximum atomic E-state index is 4.61. The minimum atomic E-state index is 0.895. The average molecular weight is 378 g/mol. The number of hydrogen-bond donors (Lipinski definition) is 1. The van der Waals surface area contributed by atoms with E-state index in [2.05, 4.69) is 56.1 Å². The Morgan fingerprint density at radius 1 is 0.929 bits per heavy atom. The lowest BCUT2D eigenvalue weighted by Gasteiger charge is -2.34. The van der Waals surface area contributed by atoms with Gasteiger partial charge in [0.25, 0.3) is 0 Å². The molecule has 1 fully saturated rings. The highest BCUT2D eigenvalue weighted by atomic mass is 15.3. The van der Waals surface area contributed by atoms with Crippen molar-refractivity contribution in [1.82, 2.24) is 19.9 Å². The van der Waals surface area contributed by atoms with E-state index in [9.17, 15) is 0 Å². The number of piperazine rings is 1. The third-order valence-corrected chi connectivity index (χ3v) is 5.72. The third-order valence-electron chi connectivity index (χ3n) is 5.72. The topological polar surface area (TPSA) is 48.1 Å². The van der Waals surface area contributed by atoms with E-state index >= 15 is 0 Å². The van der Waals surface area contributed by atoms with Crippen LogP contribution in [0.25, 0.3) is 10.9 Å². The summed E-state index contributed by atoms with van der Waals surface area (Å²) in [5.41, 5.74) is 6.15. The van der Waals surface area contributed by atoms with Crippen molar-refractivity contribution in [2.24, 2.45) is 0 Å². The first-order chi connectivity index (χ1) is 13.6. The summed E-state index contributed by atoms with van der Waals surface area (Å²) < 4.78 is 0. The molecule has 0 unspecified atom stereocenters. The van der Waals surface area contributed by atoms with E-state index in [1.807, 2.05) is 19.9 Å². The molecule has 3 heterocycles. The summed E-state index contributed by atoms with van der Waals surface area (Å²) in [6.45, 7) is 11.7. The van der Waals surface area contributed by atoms with Gasteiger partial charge in [0.05, 0.1) is 0 Å². The molecule has 0 spiro atoms. The molecule has 0 radical (unpaired) electrons. The van der Waals surface area contributed by atoms with Crippen LogP contribution in [0.5, 0.6) is 0 Å². The van der Waals surface area contributed by atoms with Crippen molar-refractivity contribution < 1.29 is 0 Å². The van der Waals surface area contributed by atoms with Gasteiger partial charge in [-0.3, -0.25) is 4.90 Å². The van der Waals surface area contributed by atoms with Crippen LogP contribution in [0.1, 0.15) is 35.4 Å². The zero-order valence-electron chi connectivity index (χ0n) is 17.3. The van der Waals surface area contributed by atoms with Gasteiger partial charge in [-0.15, -0.1) is 0 Å². The first kappa shape index (κ1) is 18.9. The average Bonchev–Trinajstić information content (AvgIpc) is 3.07. The molecular weight excluding hydrogens is 346 g/mol. The van der Waals surface area contributed by atoms with Crippen LogP contribution in [0.4, 0.5) is 5.95 Å². The van der Waals surface area contributed by atoms with Gasteiger partial charge in [-0.2, -0.15) is 0 Å². The minimum absolute atomic E-state index is 0.895. The first-order valence-electron chi connectivity index (χ1n) is 10.4. The fourth-order valence-electron chi connectivity index (χ4n) is 4.17. The quantitative estimate of drug-likeness (QED) is 0.659. The number of aromatic amines is 1. The predicted molar refractivity (Wildman–Crippen MR) is 116 cm³/mol. The molecule has 3 aromatic rings. The number of hydrogen-bond acceptors (Lipinski definition) is 4. The number of H-pyrrole nitrogens is 1. The molecule has 148 valence electrons. The van der Waals surface area contributed by atoms with E-state index in [0.717, 1.165) is 49.9 Å². The molecule has 0 bridgehead atoms. The van der Waals surface area contributed by atoms with Crippen LogP contribution in [0, 0.1) is 20.8 Å². The van der Waals surface area contributed by atoms with E-state index in [4.69, 9.17) is 0 Å². The Bertz CT molecular complexity index is 917. The van der Waals surface area contributed by atoms with Crippen LogP contribution in [0.15, 0.2) is 30.5 Å². The first-order valence-corrected chi connectivity index (χ1v) is 10.4. The number of fused-ring (bicyclic) bond motifs is 1. The molecule has 1 aromatic carbocycles. The summed E-state index contributed by atoms with van der Waals surface area (Å²) in [5, 5.41) is 1.39. The molecule has 0 aliphatic carbocycles. The minimum Gasteiger partial charge on any atom is -0.361 e. The number of unbranched alkanes of at least 4 members (excludes halogenated alkanes) is 1. The maximum Gasteiger partial charge on any atom is 0.225 e. The van der Waals surface area contributed by atoms with Crippen LogP contribution >= 0.6 is 0 Å². The molecule has 5 nitrogen and oxygen atoms in total. The Labute approximate surface area is 167 Å². The predicted octanol–water partition coefficient (Wildman–Crippen LogP) is 4.03. The Balaban J connectivity index is 1.23. The van der Waals surface area contributed by atoms with Crippen molar-refractivity contribution in [3.05, 3.63) is 53.0 Å². The lowest BCUT2D eigenvalue weighted by Crippen LogP contribution is -2.47. The van der Waals surface area contributed by atoms with Crippen LogP contribution in [-0.2, 0) is 6.42 Å². The summed E-state index contributed by atoms with van der Waals surface area (Å²) in [5.74, 6) is 0.895. The summed E-state index contributed by atoms with van der Waals surface area (Å²) in [4.78, 5) is 17.5. The normalized spacial score (nSPS) is 15.5. The number of aromatic nitrogens is 3. The molecule has 0 amide bonds. The number of benzene rings is 1. The van der Waals surface area contributed by atoms with Crippen LogP contribution in [0.2, 0.25) is 0 Å². The van der Waals surface area contributed by atoms with Gasteiger partial charge in [0.15, 0.2) is 0 Å². The molecule has 1 N–H and O–H groups in total. The summed E-state index contributed by atoms with van der Waals surface area (Å²) in [7, 11) is 0. The van der Waals surface area contributed by atoms with Crippen molar-refractivity contribution in [2.45, 2.75) is 40.0 Å². The van der Waals surface area contributed by atoms with E-state index in [0.29, 0.717) is 0 Å². The molecular formula is C23H31N5. The van der Waals surface area contributed by atoms with E-state index < -0.39 is 0 Å². The highest BCUT2D eigenvalue weighted by Gasteiger charge is 2.19. The SMILES string of the molecule is Cc1ccc2[nH]cc(CCCCN3CCN(c4nc(C)cc(C)n4)CC3)c2c1. The second kappa shape index (κ2) is 8.31. The lowest BCUT2D eigenvalue weighted by molar-refractivity contribution is 0.252. The molecule has 4 rings (SSSR count). The Morgan fingerprint density at radius 3 is 2.43 bits per heavy atom. The van der Waals surface area contributed by atoms with Gasteiger partial charge >= 0.3 is 0 Å². The molecule has 1 aliphatic rings. The zero-order chi connectivity index (χ0) is 19.5. The van der Waals surface area contributed by atoms with Gasteiger partial charge in [0.1, 0.15) is 0 Å². The number of aryl methyl sites for hydroxylation is 4. The highest BCUT2D eigenvalue weighted by Crippen LogP contribution is 2.21. The number of anilines is 1.